The first-order chi connectivity index (χ1) is 7.95. The Bertz CT molecular complexity index is 283. The highest BCUT2D eigenvalue weighted by Gasteiger charge is 2.12. The lowest BCUT2D eigenvalue weighted by Crippen LogP contribution is -2.35. The van der Waals surface area contributed by atoms with E-state index >= 15 is 0 Å². The van der Waals surface area contributed by atoms with Crippen LogP contribution in [0.15, 0.2) is 24.5 Å². The lowest BCUT2D eigenvalue weighted by atomic mass is 10.1. The summed E-state index contributed by atoms with van der Waals surface area (Å²) in [5, 5.41) is 3.36. The van der Waals surface area contributed by atoms with Crippen LogP contribution in [0.25, 0.3) is 0 Å². The molecule has 1 saturated heterocycles. The van der Waals surface area contributed by atoms with E-state index < -0.39 is 0 Å². The highest BCUT2D eigenvalue weighted by molar-refractivity contribution is 5.09. The molecule has 1 atom stereocenters. The van der Waals surface area contributed by atoms with E-state index in [1.807, 2.05) is 12.4 Å². The second kappa shape index (κ2) is 6.61. The summed E-state index contributed by atoms with van der Waals surface area (Å²) in [6.07, 6.45) is 8.77. The average Bonchev–Trinajstić information content (AvgIpc) is 2.37. The summed E-state index contributed by atoms with van der Waals surface area (Å²) in [6, 6.07) is 4.14. The van der Waals surface area contributed by atoms with Crippen molar-refractivity contribution in [3.8, 4) is 0 Å². The molecule has 3 heteroatoms. The van der Waals surface area contributed by atoms with Crippen molar-refractivity contribution in [1.29, 1.82) is 0 Å². The largest absolute Gasteiger partial charge is 0.377 e. The first-order valence-electron chi connectivity index (χ1n) is 6.16. The van der Waals surface area contributed by atoms with Crippen LogP contribution in [0.1, 0.15) is 24.8 Å². The van der Waals surface area contributed by atoms with Crippen LogP contribution < -0.4 is 5.32 Å². The minimum atomic E-state index is 0.436. The lowest BCUT2D eigenvalue weighted by molar-refractivity contribution is 0.0358. The Morgan fingerprint density at radius 2 is 2.25 bits per heavy atom. The van der Waals surface area contributed by atoms with E-state index in [0.717, 1.165) is 32.5 Å². The Hall–Kier alpha value is -0.930. The minimum absolute atomic E-state index is 0.436. The van der Waals surface area contributed by atoms with E-state index in [4.69, 9.17) is 4.74 Å². The van der Waals surface area contributed by atoms with Crippen LogP contribution >= 0.6 is 0 Å². The number of ether oxygens (including phenoxy) is 1. The topological polar surface area (TPSA) is 34.1 Å². The number of rotatable bonds is 5. The van der Waals surface area contributed by atoms with Gasteiger partial charge in [-0.15, -0.1) is 0 Å². The zero-order valence-electron chi connectivity index (χ0n) is 9.69. The summed E-state index contributed by atoms with van der Waals surface area (Å²) in [4.78, 5) is 4.01. The van der Waals surface area contributed by atoms with Crippen molar-refractivity contribution >= 4 is 0 Å². The Kier molecular flexibility index (Phi) is 4.77. The molecule has 0 saturated carbocycles. The van der Waals surface area contributed by atoms with Gasteiger partial charge in [-0.1, -0.05) is 0 Å². The molecule has 88 valence electrons. The molecular weight excluding hydrogens is 200 g/mol. The SMILES string of the molecule is c1cc(CCCOC2CCCNC2)ccn1. The Morgan fingerprint density at radius 3 is 3.00 bits per heavy atom. The van der Waals surface area contributed by atoms with E-state index in [0.29, 0.717) is 6.10 Å². The van der Waals surface area contributed by atoms with Crippen molar-refractivity contribution in [3.63, 3.8) is 0 Å². The maximum atomic E-state index is 5.83. The van der Waals surface area contributed by atoms with Gasteiger partial charge in [-0.25, -0.2) is 0 Å². The third kappa shape index (κ3) is 3.91. The molecular formula is C13H20N2O. The smallest absolute Gasteiger partial charge is 0.0699 e. The van der Waals surface area contributed by atoms with Gasteiger partial charge in [0.1, 0.15) is 0 Å². The number of nitrogens with one attached hydrogen (secondary N) is 1. The number of aryl methyl sites for hydroxylation is 1. The van der Waals surface area contributed by atoms with Gasteiger partial charge in [-0.3, -0.25) is 4.98 Å². The molecule has 1 aliphatic rings. The second-order valence-electron chi connectivity index (χ2n) is 4.30. The summed E-state index contributed by atoms with van der Waals surface area (Å²) in [6.45, 7) is 3.04. The summed E-state index contributed by atoms with van der Waals surface area (Å²) in [7, 11) is 0. The third-order valence-corrected chi connectivity index (χ3v) is 2.96. The number of piperidine rings is 1. The average molecular weight is 220 g/mol. The molecule has 0 spiro atoms. The van der Waals surface area contributed by atoms with Crippen molar-refractivity contribution in [1.82, 2.24) is 10.3 Å². The van der Waals surface area contributed by atoms with Crippen LogP contribution in [-0.2, 0) is 11.2 Å². The Morgan fingerprint density at radius 1 is 1.38 bits per heavy atom. The quantitative estimate of drug-likeness (QED) is 0.768. The second-order valence-corrected chi connectivity index (χ2v) is 4.30. The zero-order valence-corrected chi connectivity index (χ0v) is 9.69. The van der Waals surface area contributed by atoms with Gasteiger partial charge in [0.25, 0.3) is 0 Å². The van der Waals surface area contributed by atoms with Gasteiger partial charge in [0.2, 0.25) is 0 Å². The number of aromatic nitrogens is 1. The van der Waals surface area contributed by atoms with Crippen molar-refractivity contribution in [2.45, 2.75) is 31.8 Å². The number of pyridine rings is 1. The van der Waals surface area contributed by atoms with Gasteiger partial charge < -0.3 is 10.1 Å². The summed E-state index contributed by atoms with van der Waals surface area (Å²) >= 11 is 0. The van der Waals surface area contributed by atoms with Crippen LogP contribution in [0, 0.1) is 0 Å². The number of hydrogen-bond donors (Lipinski definition) is 1. The minimum Gasteiger partial charge on any atom is -0.377 e. The Labute approximate surface area is 97.2 Å². The maximum Gasteiger partial charge on any atom is 0.0699 e. The van der Waals surface area contributed by atoms with Crippen LogP contribution in [0.3, 0.4) is 0 Å². The zero-order chi connectivity index (χ0) is 11.1. The van der Waals surface area contributed by atoms with E-state index in [2.05, 4.69) is 22.4 Å². The molecule has 1 aromatic heterocycles. The highest BCUT2D eigenvalue weighted by Crippen LogP contribution is 2.07. The predicted molar refractivity (Wildman–Crippen MR) is 64.4 cm³/mol. The van der Waals surface area contributed by atoms with E-state index in [9.17, 15) is 0 Å². The van der Waals surface area contributed by atoms with Gasteiger partial charge >= 0.3 is 0 Å². The molecule has 1 N–H and O–H groups in total. The third-order valence-electron chi connectivity index (χ3n) is 2.96. The predicted octanol–water partition coefficient (Wildman–Crippen LogP) is 1.78. The molecule has 2 heterocycles. The van der Waals surface area contributed by atoms with Crippen LogP contribution in [0.4, 0.5) is 0 Å². The molecule has 0 bridgehead atoms. The van der Waals surface area contributed by atoms with Crippen molar-refractivity contribution in [2.24, 2.45) is 0 Å². The molecule has 0 aromatic carbocycles. The van der Waals surface area contributed by atoms with Gasteiger partial charge in [0, 0.05) is 25.5 Å². The normalized spacial score (nSPS) is 20.9. The highest BCUT2D eigenvalue weighted by atomic mass is 16.5. The fourth-order valence-corrected chi connectivity index (χ4v) is 2.04. The molecule has 0 aliphatic carbocycles. The van der Waals surface area contributed by atoms with Crippen molar-refractivity contribution < 1.29 is 4.74 Å². The molecule has 0 amide bonds. The van der Waals surface area contributed by atoms with Crippen LogP contribution in [-0.4, -0.2) is 30.8 Å². The van der Waals surface area contributed by atoms with Gasteiger partial charge in [-0.2, -0.15) is 0 Å². The summed E-state index contributed by atoms with van der Waals surface area (Å²) in [5.74, 6) is 0. The summed E-state index contributed by atoms with van der Waals surface area (Å²) < 4.78 is 5.83. The van der Waals surface area contributed by atoms with Crippen LogP contribution in [0.2, 0.25) is 0 Å². The lowest BCUT2D eigenvalue weighted by Gasteiger charge is -2.22. The monoisotopic (exact) mass is 220 g/mol. The van der Waals surface area contributed by atoms with E-state index in [1.54, 1.807) is 0 Å². The first kappa shape index (κ1) is 11.6. The molecule has 1 aliphatic heterocycles. The van der Waals surface area contributed by atoms with Crippen molar-refractivity contribution in [3.05, 3.63) is 30.1 Å². The Balaban J connectivity index is 1.58. The fraction of sp³-hybridized carbons (Fsp3) is 0.615. The van der Waals surface area contributed by atoms with Crippen molar-refractivity contribution in [2.75, 3.05) is 19.7 Å². The molecule has 1 unspecified atom stereocenters. The van der Waals surface area contributed by atoms with Gasteiger partial charge in [0.15, 0.2) is 0 Å². The van der Waals surface area contributed by atoms with E-state index in [1.165, 1.54) is 18.4 Å². The molecule has 16 heavy (non-hydrogen) atoms. The molecule has 2 rings (SSSR count). The maximum absolute atomic E-state index is 5.83. The molecule has 0 radical (unpaired) electrons. The number of nitrogens with zero attached hydrogens (tertiary/aromatic N) is 1. The molecule has 1 fully saturated rings. The fourth-order valence-electron chi connectivity index (χ4n) is 2.04. The van der Waals surface area contributed by atoms with Crippen LogP contribution in [0.5, 0.6) is 0 Å². The number of hydrogen-bond acceptors (Lipinski definition) is 3. The molecule has 1 aromatic rings. The summed E-state index contributed by atoms with van der Waals surface area (Å²) in [5.41, 5.74) is 1.35. The van der Waals surface area contributed by atoms with Gasteiger partial charge in [0.05, 0.1) is 6.10 Å². The molecule has 3 nitrogen and oxygen atoms in total. The first-order valence-corrected chi connectivity index (χ1v) is 6.16. The van der Waals surface area contributed by atoms with E-state index in [-0.39, 0.29) is 0 Å². The van der Waals surface area contributed by atoms with Gasteiger partial charge in [-0.05, 0) is 49.9 Å². The standard InChI is InChI=1S/C13H20N2O/c1-4-13(11-15-7-1)16-10-2-3-12-5-8-14-9-6-12/h5-6,8-9,13,15H,1-4,7,10-11H2.